The van der Waals surface area contributed by atoms with Crippen molar-refractivity contribution in [3.05, 3.63) is 84.2 Å². The summed E-state index contributed by atoms with van der Waals surface area (Å²) >= 11 is 0. The third kappa shape index (κ3) is 6.40. The number of nitrogens with one attached hydrogen (secondary N) is 3. The fraction of sp³-hybridized carbons (Fsp3) is 0.250. The quantitative estimate of drug-likeness (QED) is 0.425. The molecule has 0 spiro atoms. The fourth-order valence-corrected chi connectivity index (χ4v) is 4.85. The summed E-state index contributed by atoms with van der Waals surface area (Å²) in [6.45, 7) is 1.31. The van der Waals surface area contributed by atoms with Crippen LogP contribution in [-0.4, -0.2) is 43.3 Å². The highest BCUT2D eigenvalue weighted by Crippen LogP contribution is 2.20. The summed E-state index contributed by atoms with van der Waals surface area (Å²) in [5.41, 5.74) is 5.76. The summed E-state index contributed by atoms with van der Waals surface area (Å²) in [7, 11) is -3.83. The highest BCUT2D eigenvalue weighted by Gasteiger charge is 2.27. The van der Waals surface area contributed by atoms with E-state index in [4.69, 9.17) is 0 Å². The molecular weight excluding hydrogens is 468 g/mol. The van der Waals surface area contributed by atoms with Crippen LogP contribution in [0.15, 0.2) is 78.0 Å². The molecule has 3 aromatic rings. The van der Waals surface area contributed by atoms with Crippen LogP contribution in [0.3, 0.4) is 0 Å². The number of carbonyl (C=O) groups is 2. The minimum absolute atomic E-state index is 0.0433. The summed E-state index contributed by atoms with van der Waals surface area (Å²) < 4.78 is 27.9. The van der Waals surface area contributed by atoms with Crippen LogP contribution >= 0.6 is 0 Å². The fourth-order valence-electron chi connectivity index (χ4n) is 3.78. The van der Waals surface area contributed by atoms with E-state index in [0.29, 0.717) is 18.9 Å². The average Bonchev–Trinajstić information content (AvgIpc) is 2.91. The van der Waals surface area contributed by atoms with E-state index in [1.807, 2.05) is 35.2 Å². The van der Waals surface area contributed by atoms with Gasteiger partial charge in [-0.3, -0.25) is 20.4 Å². The molecule has 1 aromatic heterocycles. The minimum atomic E-state index is -3.83. The Morgan fingerprint density at radius 2 is 1.74 bits per heavy atom. The molecule has 11 heteroatoms. The first-order valence-corrected chi connectivity index (χ1v) is 12.7. The lowest BCUT2D eigenvalue weighted by Crippen LogP contribution is -2.49. The summed E-state index contributed by atoms with van der Waals surface area (Å²) in [5, 5.41) is 0. The van der Waals surface area contributed by atoms with Gasteiger partial charge in [-0.05, 0) is 42.7 Å². The summed E-state index contributed by atoms with van der Waals surface area (Å²) in [5.74, 6) is -0.723. The van der Waals surface area contributed by atoms with Crippen LogP contribution < -0.4 is 20.5 Å². The van der Waals surface area contributed by atoms with Gasteiger partial charge in [-0.15, -0.1) is 0 Å². The second kappa shape index (κ2) is 11.1. The second-order valence-corrected chi connectivity index (χ2v) is 9.88. The van der Waals surface area contributed by atoms with E-state index in [2.05, 4.69) is 25.5 Å². The third-order valence-corrected chi connectivity index (χ3v) is 7.04. The second-order valence-electron chi connectivity index (χ2n) is 8.12. The van der Waals surface area contributed by atoms with Gasteiger partial charge in [-0.2, -0.15) is 0 Å². The molecular formula is C24H26N6O4S. The molecule has 0 radical (unpaired) electrons. The number of hydrogen-bond donors (Lipinski definition) is 3. The number of sulfonamides is 1. The zero-order valence-electron chi connectivity index (χ0n) is 18.9. The number of piperidine rings is 1. The van der Waals surface area contributed by atoms with Crippen molar-refractivity contribution in [2.75, 3.05) is 18.0 Å². The van der Waals surface area contributed by atoms with E-state index in [0.717, 1.165) is 18.5 Å². The Bertz CT molecular complexity index is 1270. The van der Waals surface area contributed by atoms with Gasteiger partial charge in [-0.25, -0.2) is 23.1 Å². The predicted molar refractivity (Wildman–Crippen MR) is 129 cm³/mol. The number of aromatic nitrogens is 2. The normalized spacial score (nSPS) is 15.9. The molecule has 2 heterocycles. The van der Waals surface area contributed by atoms with Gasteiger partial charge in [0.1, 0.15) is 0 Å². The molecule has 1 atom stereocenters. The Balaban J connectivity index is 1.33. The van der Waals surface area contributed by atoms with Gasteiger partial charge in [0.2, 0.25) is 21.9 Å². The zero-order valence-corrected chi connectivity index (χ0v) is 19.7. The number of anilines is 1. The largest absolute Gasteiger partial charge is 0.340 e. The maximum absolute atomic E-state index is 12.7. The number of hydrogen-bond acceptors (Lipinski definition) is 7. The zero-order chi connectivity index (χ0) is 24.7. The van der Waals surface area contributed by atoms with Gasteiger partial charge in [0.05, 0.1) is 10.8 Å². The Morgan fingerprint density at radius 3 is 2.51 bits per heavy atom. The monoisotopic (exact) mass is 494 g/mol. The smallest absolute Gasteiger partial charge is 0.269 e. The Morgan fingerprint density at radius 1 is 0.971 bits per heavy atom. The molecule has 4 rings (SSSR count). The molecule has 3 N–H and O–H groups in total. The molecule has 35 heavy (non-hydrogen) atoms. The maximum Gasteiger partial charge on any atom is 0.269 e. The van der Waals surface area contributed by atoms with Crippen LogP contribution in [0.2, 0.25) is 0 Å². The molecule has 1 fully saturated rings. The number of nitrogens with zero attached hydrogens (tertiary/aromatic N) is 3. The lowest BCUT2D eigenvalue weighted by atomic mass is 9.98. The number of carbonyl (C=O) groups excluding carboxylic acids is 2. The van der Waals surface area contributed by atoms with Crippen LogP contribution in [0.5, 0.6) is 0 Å². The Kier molecular flexibility index (Phi) is 7.68. The molecule has 0 aliphatic carbocycles. The molecule has 1 aliphatic rings. The molecule has 10 nitrogen and oxygen atoms in total. The number of hydrazine groups is 1. The van der Waals surface area contributed by atoms with Crippen LogP contribution in [0, 0.1) is 5.92 Å². The van der Waals surface area contributed by atoms with Gasteiger partial charge in [0.15, 0.2) is 0 Å². The lowest BCUT2D eigenvalue weighted by molar-refractivity contribution is -0.126. The summed E-state index contributed by atoms with van der Waals surface area (Å²) in [4.78, 5) is 35.6. The minimum Gasteiger partial charge on any atom is -0.340 e. The van der Waals surface area contributed by atoms with Crippen molar-refractivity contribution in [1.29, 1.82) is 0 Å². The third-order valence-electron chi connectivity index (χ3n) is 5.64. The van der Waals surface area contributed by atoms with Gasteiger partial charge in [0.25, 0.3) is 5.91 Å². The van der Waals surface area contributed by atoms with Crippen molar-refractivity contribution in [1.82, 2.24) is 25.5 Å². The van der Waals surface area contributed by atoms with Crippen molar-refractivity contribution in [2.24, 2.45) is 5.92 Å². The predicted octanol–water partition coefficient (Wildman–Crippen LogP) is 1.63. The molecule has 0 bridgehead atoms. The number of rotatable bonds is 7. The highest BCUT2D eigenvalue weighted by molar-refractivity contribution is 7.89. The molecule has 182 valence electrons. The van der Waals surface area contributed by atoms with Crippen LogP contribution in [0.25, 0.3) is 0 Å². The van der Waals surface area contributed by atoms with Gasteiger partial charge >= 0.3 is 0 Å². The summed E-state index contributed by atoms with van der Waals surface area (Å²) in [6, 6.07) is 16.5. The number of benzene rings is 2. The summed E-state index contributed by atoms with van der Waals surface area (Å²) in [6.07, 6.45) is 4.77. The maximum atomic E-state index is 12.7. The van der Waals surface area contributed by atoms with E-state index >= 15 is 0 Å². The Labute approximate surface area is 203 Å². The van der Waals surface area contributed by atoms with E-state index in [1.54, 1.807) is 18.5 Å². The van der Waals surface area contributed by atoms with E-state index in [-0.39, 0.29) is 28.8 Å². The van der Waals surface area contributed by atoms with E-state index in [1.165, 1.54) is 24.3 Å². The SMILES string of the molecule is O=C(NNC(=O)[C@H]1CCCN(c2ncccn2)C1)c1cccc(S(=O)(=O)NCc2ccccc2)c1. The van der Waals surface area contributed by atoms with Gasteiger partial charge < -0.3 is 4.90 Å². The first-order chi connectivity index (χ1) is 16.9. The topological polar surface area (TPSA) is 133 Å². The highest BCUT2D eigenvalue weighted by atomic mass is 32.2. The molecule has 1 aliphatic heterocycles. The lowest BCUT2D eigenvalue weighted by Gasteiger charge is -2.31. The molecule has 1 saturated heterocycles. The molecule has 2 aromatic carbocycles. The van der Waals surface area contributed by atoms with E-state index < -0.39 is 15.9 Å². The molecule has 0 saturated carbocycles. The van der Waals surface area contributed by atoms with Gasteiger partial charge in [-0.1, -0.05) is 36.4 Å². The van der Waals surface area contributed by atoms with Crippen LogP contribution in [0.1, 0.15) is 28.8 Å². The Hall–Kier alpha value is -3.83. The van der Waals surface area contributed by atoms with Crippen molar-refractivity contribution >= 4 is 27.8 Å². The number of amides is 2. The average molecular weight is 495 g/mol. The standard InChI is InChI=1S/C24H26N6O4S/c31-22(28-29-23(32)20-10-5-14-30(17-20)24-25-12-6-13-26-24)19-9-4-11-21(15-19)35(33,34)27-16-18-7-2-1-3-8-18/h1-4,6-9,11-13,15,20,27H,5,10,14,16-17H2,(H,28,31)(H,29,32)/t20-/m0/s1. The van der Waals surface area contributed by atoms with Crippen LogP contribution in [0.4, 0.5) is 5.95 Å². The van der Waals surface area contributed by atoms with Crippen molar-refractivity contribution in [2.45, 2.75) is 24.3 Å². The first kappa shape index (κ1) is 24.3. The van der Waals surface area contributed by atoms with E-state index in [9.17, 15) is 18.0 Å². The van der Waals surface area contributed by atoms with Crippen molar-refractivity contribution in [3.8, 4) is 0 Å². The van der Waals surface area contributed by atoms with Crippen LogP contribution in [-0.2, 0) is 21.4 Å². The molecule has 0 unspecified atom stereocenters. The molecule has 2 amide bonds. The first-order valence-electron chi connectivity index (χ1n) is 11.2. The van der Waals surface area contributed by atoms with Crippen molar-refractivity contribution in [3.63, 3.8) is 0 Å². The van der Waals surface area contributed by atoms with Gasteiger partial charge in [0, 0.05) is 37.6 Å². The van der Waals surface area contributed by atoms with Crippen molar-refractivity contribution < 1.29 is 18.0 Å².